The first-order chi connectivity index (χ1) is 8.20. The Labute approximate surface area is 105 Å². The predicted octanol–water partition coefficient (Wildman–Crippen LogP) is 3.67. The van der Waals surface area contributed by atoms with Gasteiger partial charge in [-0.1, -0.05) is 36.6 Å². The highest BCUT2D eigenvalue weighted by atomic mass is 16.5. The monoisotopic (exact) mass is 236 g/mol. The summed E-state index contributed by atoms with van der Waals surface area (Å²) in [6.07, 6.45) is 8.99. The number of ether oxygens (including phenoxy) is 1. The van der Waals surface area contributed by atoms with Crippen molar-refractivity contribution in [3.63, 3.8) is 0 Å². The zero-order valence-electron chi connectivity index (χ0n) is 11.3. The van der Waals surface area contributed by atoms with Gasteiger partial charge in [0.25, 0.3) is 0 Å². The third-order valence-corrected chi connectivity index (χ3v) is 3.34. The molecular formula is C15H24O2. The Kier molecular flexibility index (Phi) is 6.20. The van der Waals surface area contributed by atoms with Gasteiger partial charge in [0.15, 0.2) is 0 Å². The van der Waals surface area contributed by atoms with Crippen LogP contribution in [0.3, 0.4) is 0 Å². The predicted molar refractivity (Wildman–Crippen MR) is 71.0 cm³/mol. The molecule has 0 aromatic rings. The summed E-state index contributed by atoms with van der Waals surface area (Å²) in [5.41, 5.74) is 2.48. The number of Topliss-reactive ketones (excluding diaryl/α,β-unsaturated/α-hetero) is 1. The maximum atomic E-state index is 12.2. The third-order valence-electron chi connectivity index (χ3n) is 3.34. The van der Waals surface area contributed by atoms with E-state index in [1.165, 1.54) is 11.1 Å². The average Bonchev–Trinajstić information content (AvgIpc) is 2.33. The second-order valence-corrected chi connectivity index (χ2v) is 4.71. The minimum atomic E-state index is 0.0328. The highest BCUT2D eigenvalue weighted by Crippen LogP contribution is 2.30. The van der Waals surface area contributed by atoms with Gasteiger partial charge in [-0.05, 0) is 26.2 Å². The minimum Gasteiger partial charge on any atom is -0.384 e. The van der Waals surface area contributed by atoms with Crippen LogP contribution in [0.25, 0.3) is 0 Å². The summed E-state index contributed by atoms with van der Waals surface area (Å²) in [6, 6.07) is 0. The Morgan fingerprint density at radius 3 is 2.88 bits per heavy atom. The van der Waals surface area contributed by atoms with E-state index in [-0.39, 0.29) is 5.92 Å². The topological polar surface area (TPSA) is 26.3 Å². The standard InChI is InChI=1S/C15H24O2/c1-4-5-9-14(16)15-12(2)7-6-8-13(15)10-11-17-3/h7-8,15H,4-6,9-11H2,1-3H3. The lowest BCUT2D eigenvalue weighted by molar-refractivity contribution is -0.121. The Morgan fingerprint density at radius 2 is 2.24 bits per heavy atom. The van der Waals surface area contributed by atoms with Gasteiger partial charge in [0, 0.05) is 20.1 Å². The summed E-state index contributed by atoms with van der Waals surface area (Å²) < 4.78 is 5.12. The van der Waals surface area contributed by atoms with Crippen LogP contribution in [0, 0.1) is 5.92 Å². The largest absolute Gasteiger partial charge is 0.384 e. The van der Waals surface area contributed by atoms with Crippen LogP contribution in [0.15, 0.2) is 23.3 Å². The molecule has 2 nitrogen and oxygen atoms in total. The number of methoxy groups -OCH3 is 1. The van der Waals surface area contributed by atoms with Gasteiger partial charge in [0.1, 0.15) is 5.78 Å². The van der Waals surface area contributed by atoms with Crippen LogP contribution in [0.1, 0.15) is 46.0 Å². The normalized spacial score (nSPS) is 19.8. The van der Waals surface area contributed by atoms with Crippen LogP contribution in [0.2, 0.25) is 0 Å². The lowest BCUT2D eigenvalue weighted by Crippen LogP contribution is -2.21. The number of carbonyl (C=O) groups is 1. The molecular weight excluding hydrogens is 212 g/mol. The summed E-state index contributed by atoms with van der Waals surface area (Å²) in [6.45, 7) is 4.91. The van der Waals surface area contributed by atoms with E-state index in [4.69, 9.17) is 4.74 Å². The van der Waals surface area contributed by atoms with E-state index in [1.807, 2.05) is 0 Å². The fraction of sp³-hybridized carbons (Fsp3) is 0.667. The second-order valence-electron chi connectivity index (χ2n) is 4.71. The van der Waals surface area contributed by atoms with Gasteiger partial charge in [0.05, 0.1) is 5.92 Å². The van der Waals surface area contributed by atoms with Gasteiger partial charge in [-0.15, -0.1) is 0 Å². The second kappa shape index (κ2) is 7.44. The smallest absolute Gasteiger partial charge is 0.144 e. The Morgan fingerprint density at radius 1 is 1.47 bits per heavy atom. The van der Waals surface area contributed by atoms with E-state index >= 15 is 0 Å². The molecule has 0 radical (unpaired) electrons. The molecule has 1 unspecified atom stereocenters. The van der Waals surface area contributed by atoms with Crippen LogP contribution in [0.5, 0.6) is 0 Å². The summed E-state index contributed by atoms with van der Waals surface area (Å²) in [7, 11) is 1.71. The van der Waals surface area contributed by atoms with Crippen molar-refractivity contribution < 1.29 is 9.53 Å². The number of rotatable bonds is 7. The van der Waals surface area contributed by atoms with Crippen LogP contribution >= 0.6 is 0 Å². The van der Waals surface area contributed by atoms with Crippen molar-refractivity contribution in [3.8, 4) is 0 Å². The molecule has 0 N–H and O–H groups in total. The molecule has 0 fully saturated rings. The fourth-order valence-corrected chi connectivity index (χ4v) is 2.35. The Hall–Kier alpha value is -0.890. The van der Waals surface area contributed by atoms with Crippen LogP contribution < -0.4 is 0 Å². The van der Waals surface area contributed by atoms with Crippen LogP contribution in [0.4, 0.5) is 0 Å². The third kappa shape index (κ3) is 4.12. The molecule has 0 amide bonds. The SMILES string of the molecule is CCCCC(=O)C1C(C)=CCC=C1CCOC. The van der Waals surface area contributed by atoms with Gasteiger partial charge in [-0.2, -0.15) is 0 Å². The average molecular weight is 236 g/mol. The molecule has 0 saturated carbocycles. The van der Waals surface area contributed by atoms with E-state index in [0.717, 1.165) is 25.7 Å². The van der Waals surface area contributed by atoms with Gasteiger partial charge in [0.2, 0.25) is 0 Å². The number of allylic oxidation sites excluding steroid dienone is 3. The molecule has 0 saturated heterocycles. The van der Waals surface area contributed by atoms with Crippen LogP contribution in [-0.2, 0) is 9.53 Å². The summed E-state index contributed by atoms with van der Waals surface area (Å²) >= 11 is 0. The highest BCUT2D eigenvalue weighted by Gasteiger charge is 2.25. The van der Waals surface area contributed by atoms with Crippen molar-refractivity contribution in [2.45, 2.75) is 46.0 Å². The molecule has 0 spiro atoms. The van der Waals surface area contributed by atoms with Gasteiger partial charge < -0.3 is 4.74 Å². The van der Waals surface area contributed by atoms with Gasteiger partial charge in [-0.25, -0.2) is 0 Å². The minimum absolute atomic E-state index is 0.0328. The molecule has 96 valence electrons. The van der Waals surface area contributed by atoms with E-state index < -0.39 is 0 Å². The lowest BCUT2D eigenvalue weighted by Gasteiger charge is -2.23. The van der Waals surface area contributed by atoms with Crippen molar-refractivity contribution in [3.05, 3.63) is 23.3 Å². The zero-order chi connectivity index (χ0) is 12.7. The first-order valence-electron chi connectivity index (χ1n) is 6.58. The molecule has 1 aliphatic carbocycles. The summed E-state index contributed by atoms with van der Waals surface area (Å²) in [5, 5.41) is 0. The molecule has 0 bridgehead atoms. The molecule has 0 heterocycles. The van der Waals surface area contributed by atoms with E-state index in [2.05, 4.69) is 26.0 Å². The highest BCUT2D eigenvalue weighted by molar-refractivity contribution is 5.86. The quantitative estimate of drug-likeness (QED) is 0.630. The van der Waals surface area contributed by atoms with Gasteiger partial charge >= 0.3 is 0 Å². The van der Waals surface area contributed by atoms with E-state index in [0.29, 0.717) is 18.8 Å². The zero-order valence-corrected chi connectivity index (χ0v) is 11.3. The van der Waals surface area contributed by atoms with E-state index in [9.17, 15) is 4.79 Å². The van der Waals surface area contributed by atoms with Crippen molar-refractivity contribution in [2.75, 3.05) is 13.7 Å². The maximum Gasteiger partial charge on any atom is 0.144 e. The van der Waals surface area contributed by atoms with Gasteiger partial charge in [-0.3, -0.25) is 4.79 Å². The number of hydrogen-bond acceptors (Lipinski definition) is 2. The molecule has 1 atom stereocenters. The summed E-state index contributed by atoms with van der Waals surface area (Å²) in [4.78, 5) is 12.2. The fourth-order valence-electron chi connectivity index (χ4n) is 2.35. The first-order valence-corrected chi connectivity index (χ1v) is 6.58. The van der Waals surface area contributed by atoms with Crippen LogP contribution in [-0.4, -0.2) is 19.5 Å². The Balaban J connectivity index is 2.68. The molecule has 0 aliphatic heterocycles. The molecule has 17 heavy (non-hydrogen) atoms. The van der Waals surface area contributed by atoms with Crippen molar-refractivity contribution in [1.29, 1.82) is 0 Å². The van der Waals surface area contributed by atoms with Crippen molar-refractivity contribution >= 4 is 5.78 Å². The number of unbranched alkanes of at least 4 members (excludes halogenated alkanes) is 1. The van der Waals surface area contributed by atoms with Crippen molar-refractivity contribution in [1.82, 2.24) is 0 Å². The molecule has 1 rings (SSSR count). The molecule has 1 aliphatic rings. The lowest BCUT2D eigenvalue weighted by atomic mass is 9.81. The van der Waals surface area contributed by atoms with Crippen molar-refractivity contribution in [2.24, 2.45) is 5.92 Å². The molecule has 0 aromatic heterocycles. The number of hydrogen-bond donors (Lipinski definition) is 0. The molecule has 2 heteroatoms. The molecule has 0 aromatic carbocycles. The number of carbonyl (C=O) groups excluding carboxylic acids is 1. The van der Waals surface area contributed by atoms with E-state index in [1.54, 1.807) is 7.11 Å². The summed E-state index contributed by atoms with van der Waals surface area (Å²) in [5.74, 6) is 0.410. The number of ketones is 1. The Bertz CT molecular complexity index is 313. The first kappa shape index (κ1) is 14.2. The maximum absolute atomic E-state index is 12.2.